The molecular formula is C17H25NO3. The van der Waals surface area contributed by atoms with E-state index in [1.807, 2.05) is 19.2 Å². The topological polar surface area (TPSA) is 50.7 Å². The summed E-state index contributed by atoms with van der Waals surface area (Å²) in [6.45, 7) is 0.925. The highest BCUT2D eigenvalue weighted by Gasteiger charge is 2.32. The molecule has 1 aromatic carbocycles. The van der Waals surface area contributed by atoms with Crippen LogP contribution in [0.5, 0.6) is 11.5 Å². The highest BCUT2D eigenvalue weighted by molar-refractivity contribution is 5.47. The lowest BCUT2D eigenvalue weighted by Gasteiger charge is -2.35. The van der Waals surface area contributed by atoms with Gasteiger partial charge in [0.25, 0.3) is 0 Å². The van der Waals surface area contributed by atoms with Crippen LogP contribution in [-0.2, 0) is 5.41 Å². The van der Waals surface area contributed by atoms with Gasteiger partial charge in [0.2, 0.25) is 0 Å². The van der Waals surface area contributed by atoms with E-state index in [1.54, 1.807) is 14.2 Å². The van der Waals surface area contributed by atoms with Gasteiger partial charge in [-0.05, 0) is 50.6 Å². The Morgan fingerprint density at radius 1 is 1.29 bits per heavy atom. The smallest absolute Gasteiger partial charge is 0.161 e. The van der Waals surface area contributed by atoms with E-state index in [-0.39, 0.29) is 11.5 Å². The number of rotatable bonds is 6. The molecule has 0 unspecified atom stereocenters. The zero-order valence-corrected chi connectivity index (χ0v) is 13.1. The van der Waals surface area contributed by atoms with E-state index in [0.717, 1.165) is 37.3 Å². The number of hydrogen-bond donors (Lipinski definition) is 2. The van der Waals surface area contributed by atoms with Crippen molar-refractivity contribution in [1.29, 1.82) is 0 Å². The summed E-state index contributed by atoms with van der Waals surface area (Å²) in [7, 11) is 5.26. The van der Waals surface area contributed by atoms with Crippen LogP contribution in [0.15, 0.2) is 30.4 Å². The normalized spacial score (nSPS) is 24.9. The molecule has 1 aliphatic carbocycles. The van der Waals surface area contributed by atoms with Crippen LogP contribution in [0.2, 0.25) is 0 Å². The van der Waals surface area contributed by atoms with Crippen LogP contribution in [0.4, 0.5) is 0 Å². The predicted octanol–water partition coefficient (Wildman–Crippen LogP) is 2.26. The summed E-state index contributed by atoms with van der Waals surface area (Å²) in [6, 6.07) is 6.10. The number of ether oxygens (including phenoxy) is 2. The van der Waals surface area contributed by atoms with Gasteiger partial charge in [0.15, 0.2) is 11.5 Å². The second-order valence-electron chi connectivity index (χ2n) is 5.54. The first-order chi connectivity index (χ1) is 10.1. The maximum atomic E-state index is 9.75. The summed E-state index contributed by atoms with van der Waals surface area (Å²) in [4.78, 5) is 0. The molecule has 4 heteroatoms. The Morgan fingerprint density at radius 3 is 2.62 bits per heavy atom. The number of aliphatic hydroxyl groups excluding tert-OH is 1. The van der Waals surface area contributed by atoms with Gasteiger partial charge in [0.05, 0.1) is 20.3 Å². The van der Waals surface area contributed by atoms with Gasteiger partial charge in [-0.2, -0.15) is 0 Å². The van der Waals surface area contributed by atoms with Crippen LogP contribution in [0.3, 0.4) is 0 Å². The van der Waals surface area contributed by atoms with E-state index in [4.69, 9.17) is 9.47 Å². The number of methoxy groups -OCH3 is 2. The van der Waals surface area contributed by atoms with Crippen LogP contribution in [0.25, 0.3) is 0 Å². The molecule has 2 rings (SSSR count). The average molecular weight is 291 g/mol. The van der Waals surface area contributed by atoms with Crippen molar-refractivity contribution in [2.24, 2.45) is 0 Å². The molecule has 2 N–H and O–H groups in total. The minimum Gasteiger partial charge on any atom is -0.493 e. The lowest BCUT2D eigenvalue weighted by atomic mass is 9.70. The number of hydrogen-bond acceptors (Lipinski definition) is 4. The standard InChI is InChI=1S/C17H25NO3/c1-18-11-10-17(8-6-14(19)7-9-17)13-4-5-15(20-2)16(12-13)21-3/h4-6,8,12,14,18-19H,7,9-11H2,1-3H3/t14-,17+/m0/s1. The molecule has 0 aliphatic heterocycles. The Morgan fingerprint density at radius 2 is 2.05 bits per heavy atom. The quantitative estimate of drug-likeness (QED) is 0.789. The third kappa shape index (κ3) is 3.39. The summed E-state index contributed by atoms with van der Waals surface area (Å²) in [5.74, 6) is 1.49. The molecule has 0 saturated carbocycles. The second kappa shape index (κ2) is 6.96. The third-order valence-electron chi connectivity index (χ3n) is 4.30. The Bertz CT molecular complexity index is 501. The SMILES string of the molecule is CNCC[C@@]1(c2ccc(OC)c(OC)c2)C=C[C@H](O)CC1. The zero-order chi connectivity index (χ0) is 15.3. The van der Waals surface area contributed by atoms with Crippen molar-refractivity contribution >= 4 is 0 Å². The molecule has 1 aliphatic rings. The van der Waals surface area contributed by atoms with Crippen molar-refractivity contribution in [3.05, 3.63) is 35.9 Å². The molecule has 2 atom stereocenters. The first-order valence-electron chi connectivity index (χ1n) is 7.40. The number of aliphatic hydroxyl groups is 1. The van der Waals surface area contributed by atoms with Crippen molar-refractivity contribution in [3.63, 3.8) is 0 Å². The largest absolute Gasteiger partial charge is 0.493 e. The molecule has 0 bridgehead atoms. The lowest BCUT2D eigenvalue weighted by Crippen LogP contribution is -2.32. The van der Waals surface area contributed by atoms with E-state index in [2.05, 4.69) is 23.5 Å². The highest BCUT2D eigenvalue weighted by atomic mass is 16.5. The molecule has 1 aromatic rings. The maximum absolute atomic E-state index is 9.75. The summed E-state index contributed by atoms with van der Waals surface area (Å²) < 4.78 is 10.7. The van der Waals surface area contributed by atoms with Crippen LogP contribution >= 0.6 is 0 Å². The fraction of sp³-hybridized carbons (Fsp3) is 0.529. The molecule has 0 fully saturated rings. The van der Waals surface area contributed by atoms with E-state index in [9.17, 15) is 5.11 Å². The monoisotopic (exact) mass is 291 g/mol. The van der Waals surface area contributed by atoms with E-state index in [0.29, 0.717) is 0 Å². The van der Waals surface area contributed by atoms with Gasteiger partial charge in [0.1, 0.15) is 0 Å². The predicted molar refractivity (Wildman–Crippen MR) is 84.1 cm³/mol. The minimum absolute atomic E-state index is 0.0538. The highest BCUT2D eigenvalue weighted by Crippen LogP contribution is 2.41. The summed E-state index contributed by atoms with van der Waals surface area (Å²) >= 11 is 0. The van der Waals surface area contributed by atoms with Crippen LogP contribution < -0.4 is 14.8 Å². The Labute approximate surface area is 126 Å². The lowest BCUT2D eigenvalue weighted by molar-refractivity contribution is 0.186. The number of benzene rings is 1. The van der Waals surface area contributed by atoms with Gasteiger partial charge in [-0.3, -0.25) is 0 Å². The fourth-order valence-corrected chi connectivity index (χ4v) is 2.97. The molecule has 0 radical (unpaired) electrons. The van der Waals surface area contributed by atoms with Crippen LogP contribution in [0, 0.1) is 0 Å². The fourth-order valence-electron chi connectivity index (χ4n) is 2.97. The van der Waals surface area contributed by atoms with Crippen LogP contribution in [-0.4, -0.2) is 39.0 Å². The van der Waals surface area contributed by atoms with Crippen molar-refractivity contribution in [2.45, 2.75) is 30.8 Å². The average Bonchev–Trinajstić information content (AvgIpc) is 2.54. The minimum atomic E-state index is -0.326. The Kier molecular flexibility index (Phi) is 5.26. The molecule has 116 valence electrons. The van der Waals surface area contributed by atoms with Gasteiger partial charge >= 0.3 is 0 Å². The summed E-state index contributed by atoms with van der Waals surface area (Å²) in [5, 5.41) is 13.0. The van der Waals surface area contributed by atoms with E-state index < -0.39 is 0 Å². The second-order valence-corrected chi connectivity index (χ2v) is 5.54. The third-order valence-corrected chi connectivity index (χ3v) is 4.30. The van der Waals surface area contributed by atoms with E-state index in [1.165, 1.54) is 5.56 Å². The van der Waals surface area contributed by atoms with Gasteiger partial charge in [0, 0.05) is 5.41 Å². The first-order valence-corrected chi connectivity index (χ1v) is 7.40. The zero-order valence-electron chi connectivity index (χ0n) is 13.1. The number of allylic oxidation sites excluding steroid dienone is 1. The van der Waals surface area contributed by atoms with Gasteiger partial charge in [-0.25, -0.2) is 0 Å². The first kappa shape index (κ1) is 15.9. The molecule has 0 spiro atoms. The number of nitrogens with one attached hydrogen (secondary N) is 1. The molecule has 4 nitrogen and oxygen atoms in total. The maximum Gasteiger partial charge on any atom is 0.161 e. The van der Waals surface area contributed by atoms with Crippen molar-refractivity contribution in [3.8, 4) is 11.5 Å². The summed E-state index contributed by atoms with van der Waals surface area (Å²) in [5.41, 5.74) is 1.15. The van der Waals surface area contributed by atoms with Crippen LogP contribution in [0.1, 0.15) is 24.8 Å². The Balaban J connectivity index is 2.39. The van der Waals surface area contributed by atoms with Crippen molar-refractivity contribution < 1.29 is 14.6 Å². The summed E-state index contributed by atoms with van der Waals surface area (Å²) in [6.07, 6.45) is 6.45. The van der Waals surface area contributed by atoms with Gasteiger partial charge in [-0.15, -0.1) is 0 Å². The molecule has 21 heavy (non-hydrogen) atoms. The van der Waals surface area contributed by atoms with Crippen molar-refractivity contribution in [1.82, 2.24) is 5.32 Å². The molecule has 0 amide bonds. The molecule has 0 saturated heterocycles. The molecule has 0 heterocycles. The molecular weight excluding hydrogens is 266 g/mol. The Hall–Kier alpha value is -1.52. The van der Waals surface area contributed by atoms with E-state index >= 15 is 0 Å². The van der Waals surface area contributed by atoms with Gasteiger partial charge < -0.3 is 19.9 Å². The molecule has 0 aromatic heterocycles. The van der Waals surface area contributed by atoms with Crippen molar-refractivity contribution in [2.75, 3.05) is 27.8 Å². The van der Waals surface area contributed by atoms with Gasteiger partial charge in [-0.1, -0.05) is 18.2 Å².